The first-order valence-electron chi connectivity index (χ1n) is 5.64. The van der Waals surface area contributed by atoms with Gasteiger partial charge >= 0.3 is 0 Å². The normalized spacial score (nSPS) is 29.3. The van der Waals surface area contributed by atoms with Crippen molar-refractivity contribution in [2.45, 2.75) is 12.6 Å². The molecule has 6 nitrogen and oxygen atoms in total. The highest BCUT2D eigenvalue weighted by molar-refractivity contribution is 6.10. The monoisotopic (exact) mass is 246 g/mol. The van der Waals surface area contributed by atoms with Crippen LogP contribution in [0.5, 0.6) is 0 Å². The van der Waals surface area contributed by atoms with E-state index in [1.807, 2.05) is 30.3 Å². The maximum atomic E-state index is 11.9. The SMILES string of the molecule is O=C1[C@@H]2C([N+](=O)[O-])[C@@H]2C(=O)N1Cc1ccccc1. The molecule has 1 aromatic carbocycles. The molecule has 1 heterocycles. The maximum Gasteiger partial charge on any atom is 0.240 e. The molecule has 2 amide bonds. The highest BCUT2D eigenvalue weighted by Crippen LogP contribution is 2.49. The van der Waals surface area contributed by atoms with Gasteiger partial charge in [-0.05, 0) is 5.56 Å². The summed E-state index contributed by atoms with van der Waals surface area (Å²) in [6.07, 6.45) is 0. The molecular weight excluding hydrogens is 236 g/mol. The summed E-state index contributed by atoms with van der Waals surface area (Å²) < 4.78 is 0. The summed E-state index contributed by atoms with van der Waals surface area (Å²) >= 11 is 0. The maximum absolute atomic E-state index is 11.9. The second-order valence-corrected chi connectivity index (χ2v) is 4.58. The molecule has 3 atom stereocenters. The van der Waals surface area contributed by atoms with Crippen molar-refractivity contribution in [1.82, 2.24) is 4.90 Å². The van der Waals surface area contributed by atoms with Crippen molar-refractivity contribution in [1.29, 1.82) is 0 Å². The predicted octanol–water partition coefficient (Wildman–Crippen LogP) is 0.447. The Kier molecular flexibility index (Phi) is 2.19. The van der Waals surface area contributed by atoms with Gasteiger partial charge in [-0.25, -0.2) is 0 Å². The quantitative estimate of drug-likeness (QED) is 0.440. The number of carbonyl (C=O) groups is 2. The molecule has 0 bridgehead atoms. The fourth-order valence-electron chi connectivity index (χ4n) is 2.55. The van der Waals surface area contributed by atoms with Crippen molar-refractivity contribution >= 4 is 11.8 Å². The summed E-state index contributed by atoms with van der Waals surface area (Å²) in [7, 11) is 0. The fourth-order valence-corrected chi connectivity index (χ4v) is 2.55. The molecule has 1 aromatic rings. The second kappa shape index (κ2) is 3.63. The Hall–Kier alpha value is -2.24. The van der Waals surface area contributed by atoms with Gasteiger partial charge in [-0.15, -0.1) is 0 Å². The molecule has 6 heteroatoms. The van der Waals surface area contributed by atoms with Gasteiger partial charge in [0.25, 0.3) is 0 Å². The number of amides is 2. The number of benzene rings is 1. The van der Waals surface area contributed by atoms with Crippen LogP contribution in [0.4, 0.5) is 0 Å². The number of fused-ring (bicyclic) bond motifs is 1. The third kappa shape index (κ3) is 1.42. The van der Waals surface area contributed by atoms with Crippen molar-refractivity contribution in [2.24, 2.45) is 11.8 Å². The van der Waals surface area contributed by atoms with E-state index in [2.05, 4.69) is 0 Å². The van der Waals surface area contributed by atoms with E-state index in [0.717, 1.165) is 10.5 Å². The summed E-state index contributed by atoms with van der Waals surface area (Å²) in [5.74, 6) is -2.27. The molecule has 0 aromatic heterocycles. The first-order valence-corrected chi connectivity index (χ1v) is 5.64. The number of likely N-dealkylation sites (tertiary alicyclic amines) is 1. The third-order valence-electron chi connectivity index (χ3n) is 3.51. The van der Waals surface area contributed by atoms with Gasteiger partial charge in [-0.2, -0.15) is 0 Å². The molecule has 0 N–H and O–H groups in total. The zero-order valence-electron chi connectivity index (χ0n) is 9.35. The predicted molar refractivity (Wildman–Crippen MR) is 59.8 cm³/mol. The van der Waals surface area contributed by atoms with Gasteiger partial charge < -0.3 is 0 Å². The van der Waals surface area contributed by atoms with Crippen LogP contribution in [0, 0.1) is 22.0 Å². The summed E-state index contributed by atoms with van der Waals surface area (Å²) in [6, 6.07) is 8.13. The van der Waals surface area contributed by atoms with Gasteiger partial charge in [0, 0.05) is 4.92 Å². The number of hydrogen-bond donors (Lipinski definition) is 0. The highest BCUT2D eigenvalue weighted by Gasteiger charge is 2.75. The van der Waals surface area contributed by atoms with E-state index < -0.39 is 34.6 Å². The molecule has 1 unspecified atom stereocenters. The molecule has 18 heavy (non-hydrogen) atoms. The number of nitrogens with zero attached hydrogens (tertiary/aromatic N) is 2. The molecule has 1 aliphatic heterocycles. The van der Waals surface area contributed by atoms with Crippen molar-refractivity contribution in [3.8, 4) is 0 Å². The van der Waals surface area contributed by atoms with Crippen molar-refractivity contribution in [2.75, 3.05) is 0 Å². The Labute approximate surface area is 102 Å². The van der Waals surface area contributed by atoms with Crippen LogP contribution in [0.2, 0.25) is 0 Å². The lowest BCUT2D eigenvalue weighted by Gasteiger charge is -2.16. The molecule has 0 spiro atoms. The van der Waals surface area contributed by atoms with Crippen LogP contribution < -0.4 is 0 Å². The van der Waals surface area contributed by atoms with Gasteiger partial charge in [0.15, 0.2) is 0 Å². The summed E-state index contributed by atoms with van der Waals surface area (Å²) in [5.41, 5.74) is 0.846. The van der Waals surface area contributed by atoms with E-state index in [-0.39, 0.29) is 6.54 Å². The molecule has 92 valence electrons. The first-order chi connectivity index (χ1) is 8.61. The molecule has 1 saturated carbocycles. The van der Waals surface area contributed by atoms with Crippen molar-refractivity contribution in [3.05, 3.63) is 46.0 Å². The average molecular weight is 246 g/mol. The van der Waals surface area contributed by atoms with Gasteiger partial charge in [-0.3, -0.25) is 24.6 Å². The standard InChI is InChI=1S/C12H10N2O4/c15-11-8-9(10(8)14(17)18)12(16)13(11)6-7-4-2-1-3-5-7/h1-5,8-10H,6H2/t8-,9+,10?. The number of rotatable bonds is 3. The van der Waals surface area contributed by atoms with Crippen LogP contribution in [0.3, 0.4) is 0 Å². The molecule has 3 rings (SSSR count). The van der Waals surface area contributed by atoms with Crippen molar-refractivity contribution in [3.63, 3.8) is 0 Å². The summed E-state index contributed by atoms with van der Waals surface area (Å²) in [4.78, 5) is 35.0. The van der Waals surface area contributed by atoms with Crippen LogP contribution in [0.25, 0.3) is 0 Å². The minimum absolute atomic E-state index is 0.204. The van der Waals surface area contributed by atoms with Gasteiger partial charge in [0.05, 0.1) is 6.54 Å². The Bertz CT molecular complexity index is 520. The lowest BCUT2D eigenvalue weighted by Crippen LogP contribution is -2.36. The molecular formula is C12H10N2O4. The van der Waals surface area contributed by atoms with E-state index in [0.29, 0.717) is 0 Å². The van der Waals surface area contributed by atoms with Crippen LogP contribution >= 0.6 is 0 Å². The first kappa shape index (κ1) is 10.9. The number of carbonyl (C=O) groups excluding carboxylic acids is 2. The van der Waals surface area contributed by atoms with Crippen LogP contribution in [0.15, 0.2) is 30.3 Å². The minimum atomic E-state index is -0.989. The highest BCUT2D eigenvalue weighted by atomic mass is 16.6. The van der Waals surface area contributed by atoms with E-state index in [4.69, 9.17) is 0 Å². The molecule has 1 saturated heterocycles. The smallest absolute Gasteiger partial charge is 0.240 e. The molecule has 1 aliphatic carbocycles. The van der Waals surface area contributed by atoms with Crippen LogP contribution in [-0.4, -0.2) is 27.7 Å². The lowest BCUT2D eigenvalue weighted by molar-refractivity contribution is -0.500. The lowest BCUT2D eigenvalue weighted by atomic mass is 10.2. The summed E-state index contributed by atoms with van der Waals surface area (Å²) in [5, 5.41) is 10.6. The fraction of sp³-hybridized carbons (Fsp3) is 0.333. The van der Waals surface area contributed by atoms with E-state index in [1.54, 1.807) is 0 Å². The van der Waals surface area contributed by atoms with E-state index in [9.17, 15) is 19.7 Å². The van der Waals surface area contributed by atoms with Gasteiger partial charge in [0.2, 0.25) is 17.9 Å². The molecule has 2 aliphatic rings. The average Bonchev–Trinajstić information content (AvgIpc) is 3.05. The number of nitro groups is 1. The largest absolute Gasteiger partial charge is 0.277 e. The topological polar surface area (TPSA) is 80.5 Å². The number of imide groups is 1. The summed E-state index contributed by atoms with van der Waals surface area (Å²) in [6.45, 7) is 0.204. The molecule has 0 radical (unpaired) electrons. The Morgan fingerprint density at radius 1 is 1.11 bits per heavy atom. The minimum Gasteiger partial charge on any atom is -0.277 e. The van der Waals surface area contributed by atoms with Crippen LogP contribution in [-0.2, 0) is 16.1 Å². The van der Waals surface area contributed by atoms with Crippen LogP contribution in [0.1, 0.15) is 5.56 Å². The Balaban J connectivity index is 1.76. The zero-order chi connectivity index (χ0) is 12.9. The van der Waals surface area contributed by atoms with E-state index in [1.165, 1.54) is 0 Å². The van der Waals surface area contributed by atoms with E-state index >= 15 is 0 Å². The van der Waals surface area contributed by atoms with Gasteiger partial charge in [-0.1, -0.05) is 30.3 Å². The Morgan fingerprint density at radius 2 is 1.67 bits per heavy atom. The third-order valence-corrected chi connectivity index (χ3v) is 3.51. The number of piperidine rings is 1. The zero-order valence-corrected chi connectivity index (χ0v) is 9.35. The second-order valence-electron chi connectivity index (χ2n) is 4.58. The van der Waals surface area contributed by atoms with Gasteiger partial charge in [0.1, 0.15) is 11.8 Å². The van der Waals surface area contributed by atoms with Crippen molar-refractivity contribution < 1.29 is 14.5 Å². The molecule has 2 fully saturated rings. The Morgan fingerprint density at radius 3 is 2.17 bits per heavy atom. The number of hydrogen-bond acceptors (Lipinski definition) is 4.